The Balaban J connectivity index is 1.89. The van der Waals surface area contributed by atoms with Crippen molar-refractivity contribution in [1.82, 2.24) is 10.6 Å². The lowest BCUT2D eigenvalue weighted by atomic mass is 10.1. The lowest BCUT2D eigenvalue weighted by molar-refractivity contribution is -0.122. The van der Waals surface area contributed by atoms with E-state index in [0.29, 0.717) is 25.9 Å². The molecule has 4 nitrogen and oxygen atoms in total. The molecule has 1 saturated heterocycles. The molecule has 212 valence electrons. The monoisotopic (exact) mass is 558 g/mol. The van der Waals surface area contributed by atoms with Crippen molar-refractivity contribution >= 4 is 33.4 Å². The predicted octanol–water partition coefficient (Wildman–Crippen LogP) is 8.41. The highest BCUT2D eigenvalue weighted by atomic mass is 33.1. The summed E-state index contributed by atoms with van der Waals surface area (Å²) in [6.07, 6.45) is 38.5. The van der Waals surface area contributed by atoms with Gasteiger partial charge in [-0.15, -0.1) is 0 Å². The average molecular weight is 559 g/mol. The van der Waals surface area contributed by atoms with Crippen LogP contribution in [0.2, 0.25) is 0 Å². The van der Waals surface area contributed by atoms with Crippen molar-refractivity contribution in [2.45, 2.75) is 95.6 Å². The van der Waals surface area contributed by atoms with Gasteiger partial charge >= 0.3 is 0 Å². The van der Waals surface area contributed by atoms with Gasteiger partial charge in [-0.2, -0.15) is 0 Å². The molecule has 0 bridgehead atoms. The fraction of sp³-hybridized carbons (Fsp3) is 0.562. The summed E-state index contributed by atoms with van der Waals surface area (Å²) in [5.74, 6) is 1.39. The second kappa shape index (κ2) is 26.7. The summed E-state index contributed by atoms with van der Waals surface area (Å²) in [6.45, 7) is 3.14. The van der Waals surface area contributed by atoms with Gasteiger partial charge in [0.25, 0.3) is 0 Å². The second-order valence-corrected chi connectivity index (χ2v) is 12.0. The third-order valence-corrected chi connectivity index (χ3v) is 8.82. The molecule has 0 aromatic rings. The third-order valence-electron chi connectivity index (χ3n) is 5.81. The van der Waals surface area contributed by atoms with Crippen molar-refractivity contribution in [3.63, 3.8) is 0 Å². The molecule has 1 rings (SSSR count). The first-order chi connectivity index (χ1) is 18.7. The lowest BCUT2D eigenvalue weighted by Crippen LogP contribution is -2.34. The number of amides is 2. The summed E-state index contributed by atoms with van der Waals surface area (Å²) < 4.78 is 0. The quantitative estimate of drug-likeness (QED) is 0.0795. The highest BCUT2D eigenvalue weighted by Gasteiger charge is 2.15. The standard InChI is InChI=1S/C32H50N2O2S2/c1-2-3-4-5-6-7-8-9-10-11-12-13-14-15-16-17-18-19-20-24-31(35)33-27-28-34-32(36)25-22-21-23-30-26-29-37-38-30/h3-4,6-7,9-10,12-13,15-16,18-19,30H,2,5,8,11,14,17,20-29H2,1H3,(H,33,35)(H,34,36). The third kappa shape index (κ3) is 23.2. The number of unbranched alkanes of at least 4 members (excludes halogenated alkanes) is 1. The number of allylic oxidation sites excluding steroid dienone is 12. The molecule has 0 spiro atoms. The summed E-state index contributed by atoms with van der Waals surface area (Å²) in [4.78, 5) is 23.8. The average Bonchev–Trinajstić information content (AvgIpc) is 3.44. The van der Waals surface area contributed by atoms with Gasteiger partial charge in [-0.3, -0.25) is 9.59 Å². The topological polar surface area (TPSA) is 58.2 Å². The van der Waals surface area contributed by atoms with Gasteiger partial charge in [-0.1, -0.05) is 108 Å². The fourth-order valence-corrected chi connectivity index (χ4v) is 6.68. The maximum Gasteiger partial charge on any atom is 0.220 e. The molecular weight excluding hydrogens is 508 g/mol. The normalized spacial score (nSPS) is 16.4. The molecule has 0 aromatic heterocycles. The molecule has 2 N–H and O–H groups in total. The largest absolute Gasteiger partial charge is 0.354 e. The van der Waals surface area contributed by atoms with Gasteiger partial charge in [0.15, 0.2) is 0 Å². The van der Waals surface area contributed by atoms with Gasteiger partial charge < -0.3 is 10.6 Å². The first-order valence-corrected chi connectivity index (χ1v) is 16.8. The van der Waals surface area contributed by atoms with E-state index < -0.39 is 0 Å². The van der Waals surface area contributed by atoms with E-state index in [1.165, 1.54) is 18.6 Å². The Morgan fingerprint density at radius 3 is 1.68 bits per heavy atom. The van der Waals surface area contributed by atoms with Crippen molar-refractivity contribution in [1.29, 1.82) is 0 Å². The molecule has 1 heterocycles. The molecule has 1 aliphatic heterocycles. The van der Waals surface area contributed by atoms with E-state index in [1.54, 1.807) is 0 Å². The van der Waals surface area contributed by atoms with Crippen molar-refractivity contribution in [3.05, 3.63) is 72.9 Å². The molecule has 2 amide bonds. The van der Waals surface area contributed by atoms with Crippen molar-refractivity contribution in [2.24, 2.45) is 0 Å². The van der Waals surface area contributed by atoms with Crippen LogP contribution in [0.4, 0.5) is 0 Å². The van der Waals surface area contributed by atoms with Gasteiger partial charge in [-0.05, 0) is 64.2 Å². The maximum atomic E-state index is 11.9. The van der Waals surface area contributed by atoms with Crippen LogP contribution < -0.4 is 10.6 Å². The Morgan fingerprint density at radius 1 is 0.684 bits per heavy atom. The van der Waals surface area contributed by atoms with Gasteiger partial charge in [-0.25, -0.2) is 0 Å². The van der Waals surface area contributed by atoms with E-state index in [-0.39, 0.29) is 11.8 Å². The Hall–Kier alpha value is -1.92. The Labute approximate surface area is 240 Å². The molecule has 1 atom stereocenters. The molecule has 0 aromatic carbocycles. The number of carbonyl (C=O) groups excluding carboxylic acids is 2. The van der Waals surface area contributed by atoms with Crippen LogP contribution in [0.5, 0.6) is 0 Å². The van der Waals surface area contributed by atoms with E-state index in [4.69, 9.17) is 0 Å². The number of rotatable bonds is 22. The zero-order valence-corrected chi connectivity index (χ0v) is 25.1. The second-order valence-electron chi connectivity index (χ2n) is 9.23. The minimum atomic E-state index is 0.0331. The van der Waals surface area contributed by atoms with E-state index in [9.17, 15) is 9.59 Å². The maximum absolute atomic E-state index is 11.9. The van der Waals surface area contributed by atoms with Crippen molar-refractivity contribution < 1.29 is 9.59 Å². The molecular formula is C32H50N2O2S2. The SMILES string of the molecule is CCC=CCC=CCC=CCC=CCC=CCC=CCCC(=O)NCCNC(=O)CCCCC1CCSS1. The van der Waals surface area contributed by atoms with Crippen LogP contribution in [-0.2, 0) is 9.59 Å². The molecule has 6 heteroatoms. The number of hydrogen-bond acceptors (Lipinski definition) is 4. The van der Waals surface area contributed by atoms with Crippen LogP contribution in [0.3, 0.4) is 0 Å². The van der Waals surface area contributed by atoms with Crippen LogP contribution in [-0.4, -0.2) is 35.9 Å². The molecule has 1 aliphatic rings. The number of carbonyl (C=O) groups is 2. The van der Waals surface area contributed by atoms with Crippen LogP contribution in [0.25, 0.3) is 0 Å². The number of nitrogens with one attached hydrogen (secondary N) is 2. The van der Waals surface area contributed by atoms with Crippen LogP contribution in [0.15, 0.2) is 72.9 Å². The Morgan fingerprint density at radius 2 is 1.18 bits per heavy atom. The van der Waals surface area contributed by atoms with E-state index in [1.807, 2.05) is 21.6 Å². The van der Waals surface area contributed by atoms with Gasteiger partial charge in [0.05, 0.1) is 0 Å². The minimum Gasteiger partial charge on any atom is -0.354 e. The predicted molar refractivity (Wildman–Crippen MR) is 170 cm³/mol. The molecule has 1 unspecified atom stereocenters. The van der Waals surface area contributed by atoms with Gasteiger partial charge in [0, 0.05) is 36.9 Å². The first-order valence-electron chi connectivity index (χ1n) is 14.4. The summed E-state index contributed by atoms with van der Waals surface area (Å²) in [7, 11) is 3.97. The summed E-state index contributed by atoms with van der Waals surface area (Å²) in [5, 5.41) is 6.56. The highest BCUT2D eigenvalue weighted by Crippen LogP contribution is 2.39. The van der Waals surface area contributed by atoms with Crippen molar-refractivity contribution in [2.75, 3.05) is 18.8 Å². The fourth-order valence-electron chi connectivity index (χ4n) is 3.66. The molecule has 0 aliphatic carbocycles. The molecule has 1 fully saturated rings. The summed E-state index contributed by atoms with van der Waals surface area (Å²) in [6, 6.07) is 0. The highest BCUT2D eigenvalue weighted by molar-refractivity contribution is 8.77. The first kappa shape index (κ1) is 34.1. The van der Waals surface area contributed by atoms with Crippen LogP contribution in [0.1, 0.15) is 90.4 Å². The Bertz CT molecular complexity index is 778. The van der Waals surface area contributed by atoms with Crippen LogP contribution >= 0.6 is 21.6 Å². The number of hydrogen-bond donors (Lipinski definition) is 2. The molecule has 0 radical (unpaired) electrons. The lowest BCUT2D eigenvalue weighted by Gasteiger charge is -2.08. The van der Waals surface area contributed by atoms with Gasteiger partial charge in [0.1, 0.15) is 0 Å². The zero-order chi connectivity index (χ0) is 27.4. The molecule has 38 heavy (non-hydrogen) atoms. The van der Waals surface area contributed by atoms with Crippen molar-refractivity contribution in [3.8, 4) is 0 Å². The summed E-state index contributed by atoms with van der Waals surface area (Å²) >= 11 is 0. The van der Waals surface area contributed by atoms with Crippen LogP contribution in [0, 0.1) is 0 Å². The van der Waals surface area contributed by atoms with E-state index >= 15 is 0 Å². The van der Waals surface area contributed by atoms with E-state index in [0.717, 1.165) is 63.0 Å². The Kier molecular flexibility index (Phi) is 23.9. The zero-order valence-electron chi connectivity index (χ0n) is 23.5. The van der Waals surface area contributed by atoms with E-state index in [2.05, 4.69) is 90.5 Å². The summed E-state index contributed by atoms with van der Waals surface area (Å²) in [5.41, 5.74) is 0. The van der Waals surface area contributed by atoms with Gasteiger partial charge in [0.2, 0.25) is 11.8 Å². The smallest absolute Gasteiger partial charge is 0.220 e. The minimum absolute atomic E-state index is 0.0331. The molecule has 0 saturated carbocycles.